The van der Waals surface area contributed by atoms with E-state index >= 15 is 0 Å². The molecule has 0 N–H and O–H groups in total. The Morgan fingerprint density at radius 3 is 2.85 bits per heavy atom. The van der Waals surface area contributed by atoms with Gasteiger partial charge in [0.05, 0.1) is 0 Å². The molecule has 3 heteroatoms. The third-order valence-corrected chi connectivity index (χ3v) is 2.08. The van der Waals surface area contributed by atoms with E-state index < -0.39 is 0 Å². The first-order valence-electron chi connectivity index (χ1n) is 3.47. The van der Waals surface area contributed by atoms with Crippen molar-refractivity contribution in [1.29, 1.82) is 0 Å². The molecule has 2 aromatic rings. The maximum atomic E-state index is 13.2. The Morgan fingerprint density at radius 1 is 1.31 bits per heavy atom. The first-order valence-corrected chi connectivity index (χ1v) is 4.26. The monoisotopic (exact) mass is 241 g/mol. The third-order valence-electron chi connectivity index (χ3n) is 1.62. The second kappa shape index (κ2) is 3.83. The van der Waals surface area contributed by atoms with Crippen LogP contribution >= 0.6 is 15.9 Å². The van der Waals surface area contributed by atoms with Crippen LogP contribution in [0.3, 0.4) is 0 Å². The number of halogens is 2. The number of hydrogen-bond acceptors (Lipinski definition) is 1. The molecular weight excluding hydrogens is 233 g/mol. The van der Waals surface area contributed by atoms with Crippen molar-refractivity contribution in [3.05, 3.63) is 40.8 Å². The van der Waals surface area contributed by atoms with Crippen LogP contribution in [0.4, 0.5) is 4.39 Å². The average molecular weight is 242 g/mol. The first-order chi connectivity index (χ1) is 5.77. The smallest absolute Gasteiger partial charge is 0.150 e. The molecule has 2 rings (SSSR count). The van der Waals surface area contributed by atoms with E-state index in [-0.39, 0.29) is 13.2 Å². The molecule has 1 aromatic heterocycles. The molecule has 68 valence electrons. The van der Waals surface area contributed by atoms with Crippen LogP contribution < -0.4 is 0 Å². The van der Waals surface area contributed by atoms with Crippen LogP contribution in [0.5, 0.6) is 0 Å². The highest BCUT2D eigenvalue weighted by Gasteiger charge is 2.01. The predicted octanol–water partition coefficient (Wildman–Crippen LogP) is 3.77. The zero-order chi connectivity index (χ0) is 8.55. The Bertz CT molecular complexity index is 428. The van der Waals surface area contributed by atoms with Gasteiger partial charge in [-0.25, -0.2) is 4.39 Å². The number of nitrogens with zero attached hydrogens (tertiary/aromatic N) is 1. The number of aromatic nitrogens is 1. The molecular formula is C10H9BrFN. The molecule has 0 aliphatic rings. The van der Waals surface area contributed by atoms with Crippen LogP contribution in [0.15, 0.2) is 34.9 Å². The van der Waals surface area contributed by atoms with Gasteiger partial charge in [0.2, 0.25) is 0 Å². The minimum atomic E-state index is -0.292. The Hall–Kier alpha value is -0.960. The molecule has 0 bridgehead atoms. The molecule has 0 saturated heterocycles. The topological polar surface area (TPSA) is 12.9 Å². The van der Waals surface area contributed by atoms with Gasteiger partial charge in [0.15, 0.2) is 5.82 Å². The van der Waals surface area contributed by atoms with Gasteiger partial charge in [-0.05, 0) is 18.2 Å². The van der Waals surface area contributed by atoms with E-state index in [9.17, 15) is 4.39 Å². The predicted molar refractivity (Wildman–Crippen MR) is 56.1 cm³/mol. The van der Waals surface area contributed by atoms with E-state index in [1.807, 2.05) is 12.1 Å². The standard InChI is InChI=1S/C9H5BrFN.CH4/c10-7-4-6-2-1-3-12-9(6)8(11)5-7;/h1-5H;1H4. The fraction of sp³-hybridized carbons (Fsp3) is 0.100. The van der Waals surface area contributed by atoms with E-state index in [1.54, 1.807) is 12.3 Å². The lowest BCUT2D eigenvalue weighted by atomic mass is 10.2. The van der Waals surface area contributed by atoms with Gasteiger partial charge in [-0.15, -0.1) is 0 Å². The van der Waals surface area contributed by atoms with E-state index in [0.29, 0.717) is 5.52 Å². The van der Waals surface area contributed by atoms with Gasteiger partial charge in [-0.1, -0.05) is 29.4 Å². The quantitative estimate of drug-likeness (QED) is 0.685. The van der Waals surface area contributed by atoms with Gasteiger partial charge >= 0.3 is 0 Å². The maximum Gasteiger partial charge on any atom is 0.150 e. The summed E-state index contributed by atoms with van der Waals surface area (Å²) in [5.74, 6) is -0.292. The summed E-state index contributed by atoms with van der Waals surface area (Å²) >= 11 is 3.22. The van der Waals surface area contributed by atoms with Gasteiger partial charge < -0.3 is 0 Å². The highest BCUT2D eigenvalue weighted by molar-refractivity contribution is 9.10. The second-order valence-electron chi connectivity index (χ2n) is 2.46. The van der Waals surface area contributed by atoms with Crippen LogP contribution in [0.1, 0.15) is 7.43 Å². The fourth-order valence-corrected chi connectivity index (χ4v) is 1.56. The molecule has 0 radical (unpaired) electrons. The Labute approximate surface area is 84.7 Å². The summed E-state index contributed by atoms with van der Waals surface area (Å²) in [6.07, 6.45) is 1.58. The van der Waals surface area contributed by atoms with Gasteiger partial charge in [0, 0.05) is 16.1 Å². The molecule has 0 unspecified atom stereocenters. The normalized spacial score (nSPS) is 9.69. The van der Waals surface area contributed by atoms with E-state index in [1.165, 1.54) is 6.07 Å². The Morgan fingerprint density at radius 2 is 2.08 bits per heavy atom. The lowest BCUT2D eigenvalue weighted by Gasteiger charge is -1.97. The first kappa shape index (κ1) is 10.1. The van der Waals surface area contributed by atoms with Crippen LogP contribution in [-0.4, -0.2) is 4.98 Å². The molecule has 1 nitrogen and oxygen atoms in total. The second-order valence-corrected chi connectivity index (χ2v) is 3.38. The lowest BCUT2D eigenvalue weighted by Crippen LogP contribution is -1.82. The highest BCUT2D eigenvalue weighted by Crippen LogP contribution is 2.20. The number of rotatable bonds is 0. The summed E-state index contributed by atoms with van der Waals surface area (Å²) in [7, 11) is 0. The maximum absolute atomic E-state index is 13.2. The van der Waals surface area contributed by atoms with Crippen molar-refractivity contribution >= 4 is 26.8 Å². The highest BCUT2D eigenvalue weighted by atomic mass is 79.9. The molecule has 0 fully saturated rings. The number of pyridine rings is 1. The average Bonchev–Trinajstić information content (AvgIpc) is 2.04. The minimum absolute atomic E-state index is 0. The van der Waals surface area contributed by atoms with Gasteiger partial charge in [-0.2, -0.15) is 0 Å². The summed E-state index contributed by atoms with van der Waals surface area (Å²) in [6, 6.07) is 6.87. The summed E-state index contributed by atoms with van der Waals surface area (Å²) in [5.41, 5.74) is 0.417. The minimum Gasteiger partial charge on any atom is -0.253 e. The Kier molecular flexibility index (Phi) is 2.98. The molecule has 1 aromatic carbocycles. The summed E-state index contributed by atoms with van der Waals surface area (Å²) in [6.45, 7) is 0. The van der Waals surface area contributed by atoms with Crippen molar-refractivity contribution in [2.24, 2.45) is 0 Å². The largest absolute Gasteiger partial charge is 0.253 e. The van der Waals surface area contributed by atoms with Gasteiger partial charge in [-0.3, -0.25) is 4.98 Å². The van der Waals surface area contributed by atoms with Crippen LogP contribution in [0, 0.1) is 5.82 Å². The fourth-order valence-electron chi connectivity index (χ4n) is 1.11. The van der Waals surface area contributed by atoms with E-state index in [4.69, 9.17) is 0 Å². The van der Waals surface area contributed by atoms with E-state index in [0.717, 1.165) is 9.86 Å². The van der Waals surface area contributed by atoms with Gasteiger partial charge in [0.25, 0.3) is 0 Å². The number of fused-ring (bicyclic) bond motifs is 1. The van der Waals surface area contributed by atoms with Crippen molar-refractivity contribution in [2.45, 2.75) is 7.43 Å². The molecule has 13 heavy (non-hydrogen) atoms. The van der Waals surface area contributed by atoms with Crippen molar-refractivity contribution in [1.82, 2.24) is 4.98 Å². The van der Waals surface area contributed by atoms with Gasteiger partial charge in [0.1, 0.15) is 5.52 Å². The van der Waals surface area contributed by atoms with Crippen molar-refractivity contribution in [3.8, 4) is 0 Å². The summed E-state index contributed by atoms with van der Waals surface area (Å²) in [5, 5.41) is 0.810. The Balaban J connectivity index is 0.000000845. The molecule has 0 amide bonds. The van der Waals surface area contributed by atoms with Crippen molar-refractivity contribution in [3.63, 3.8) is 0 Å². The molecule has 0 spiro atoms. The molecule has 0 atom stereocenters. The number of hydrogen-bond donors (Lipinski definition) is 0. The molecule has 0 saturated carbocycles. The molecule has 0 aliphatic carbocycles. The van der Waals surface area contributed by atoms with Crippen LogP contribution in [0.25, 0.3) is 10.9 Å². The molecule has 0 aliphatic heterocycles. The number of benzene rings is 1. The van der Waals surface area contributed by atoms with E-state index in [2.05, 4.69) is 20.9 Å². The summed E-state index contributed by atoms with van der Waals surface area (Å²) in [4.78, 5) is 3.93. The zero-order valence-corrected chi connectivity index (χ0v) is 7.68. The third kappa shape index (κ3) is 1.86. The lowest BCUT2D eigenvalue weighted by molar-refractivity contribution is 0.636. The van der Waals surface area contributed by atoms with Crippen molar-refractivity contribution < 1.29 is 4.39 Å². The van der Waals surface area contributed by atoms with Crippen LogP contribution in [-0.2, 0) is 0 Å². The SMILES string of the molecule is C.Fc1cc(Br)cc2cccnc12. The van der Waals surface area contributed by atoms with Crippen LogP contribution in [0.2, 0.25) is 0 Å². The zero-order valence-electron chi connectivity index (χ0n) is 6.09. The molecule has 1 heterocycles. The van der Waals surface area contributed by atoms with Crippen molar-refractivity contribution in [2.75, 3.05) is 0 Å². The summed E-state index contributed by atoms with van der Waals surface area (Å²) < 4.78 is 13.9.